The lowest BCUT2D eigenvalue weighted by Gasteiger charge is -2.06. The number of aromatic amines is 1. The van der Waals surface area contributed by atoms with E-state index in [-0.39, 0.29) is 5.69 Å². The fourth-order valence-electron chi connectivity index (χ4n) is 1.71. The van der Waals surface area contributed by atoms with Crippen molar-refractivity contribution in [2.24, 2.45) is 0 Å². The Morgan fingerprint density at radius 3 is 2.90 bits per heavy atom. The van der Waals surface area contributed by atoms with Gasteiger partial charge in [0.05, 0.1) is 0 Å². The first kappa shape index (κ1) is 15.5. The number of unbranched alkanes of at least 4 members (excludes halogenated alkanes) is 1. The van der Waals surface area contributed by atoms with Crippen LogP contribution in [0.1, 0.15) is 25.3 Å². The first-order valence-electron chi connectivity index (χ1n) is 6.33. The Labute approximate surface area is 131 Å². The van der Waals surface area contributed by atoms with Crippen LogP contribution in [0.5, 0.6) is 0 Å². The molecule has 0 unspecified atom stereocenters. The first-order valence-corrected chi connectivity index (χ1v) is 8.08. The second-order valence-corrected chi connectivity index (χ2v) is 6.13. The van der Waals surface area contributed by atoms with Gasteiger partial charge in [0.15, 0.2) is 5.16 Å². The van der Waals surface area contributed by atoms with Crippen LogP contribution >= 0.6 is 35.0 Å². The molecule has 4 nitrogen and oxygen atoms in total. The summed E-state index contributed by atoms with van der Waals surface area (Å²) >= 11 is 13.5. The number of thioether (sulfide) groups is 1. The van der Waals surface area contributed by atoms with Crippen LogP contribution in [-0.2, 0) is 12.3 Å². The van der Waals surface area contributed by atoms with E-state index in [0.717, 1.165) is 18.4 Å². The summed E-state index contributed by atoms with van der Waals surface area (Å²) in [6, 6.07) is 5.41. The van der Waals surface area contributed by atoms with Crippen molar-refractivity contribution in [3.63, 3.8) is 0 Å². The molecule has 7 heteroatoms. The topological polar surface area (TPSA) is 50.7 Å². The lowest BCUT2D eigenvalue weighted by Crippen LogP contribution is -2.17. The van der Waals surface area contributed by atoms with Crippen LogP contribution in [0.2, 0.25) is 10.0 Å². The molecule has 0 aliphatic heterocycles. The zero-order chi connectivity index (χ0) is 14.5. The highest BCUT2D eigenvalue weighted by atomic mass is 35.5. The molecule has 0 bridgehead atoms. The molecule has 0 atom stereocenters. The lowest BCUT2D eigenvalue weighted by molar-refractivity contribution is 0.573. The number of halogens is 2. The summed E-state index contributed by atoms with van der Waals surface area (Å²) in [6.45, 7) is 2.77. The molecule has 0 saturated heterocycles. The van der Waals surface area contributed by atoms with E-state index >= 15 is 0 Å². The van der Waals surface area contributed by atoms with Crippen LogP contribution in [0.4, 0.5) is 0 Å². The second-order valence-electron chi connectivity index (χ2n) is 4.34. The third-order valence-electron chi connectivity index (χ3n) is 2.83. The van der Waals surface area contributed by atoms with Crippen molar-refractivity contribution in [1.29, 1.82) is 0 Å². The Kier molecular flexibility index (Phi) is 5.57. The Balaban J connectivity index is 2.09. The fraction of sp³-hybridized carbons (Fsp3) is 0.385. The maximum Gasteiger partial charge on any atom is 0.343 e. The zero-order valence-electron chi connectivity index (χ0n) is 11.0. The predicted molar refractivity (Wildman–Crippen MR) is 83.8 cm³/mol. The van der Waals surface area contributed by atoms with Gasteiger partial charge >= 0.3 is 5.69 Å². The number of rotatable bonds is 6. The highest BCUT2D eigenvalue weighted by Crippen LogP contribution is 2.27. The summed E-state index contributed by atoms with van der Waals surface area (Å²) in [5.41, 5.74) is 0.807. The fourth-order valence-corrected chi connectivity index (χ4v) is 3.24. The molecule has 0 saturated carbocycles. The molecule has 2 rings (SSSR count). The van der Waals surface area contributed by atoms with Crippen molar-refractivity contribution in [1.82, 2.24) is 14.8 Å². The minimum Gasteiger partial charge on any atom is -0.270 e. The summed E-state index contributed by atoms with van der Waals surface area (Å²) in [5, 5.41) is 8.47. The molecular formula is C13H15Cl2N3OS. The Hall–Kier alpha value is -0.910. The molecule has 0 spiro atoms. The monoisotopic (exact) mass is 331 g/mol. The van der Waals surface area contributed by atoms with Crippen LogP contribution in [-0.4, -0.2) is 14.8 Å². The van der Waals surface area contributed by atoms with Gasteiger partial charge in [-0.25, -0.2) is 9.89 Å². The number of benzene rings is 1. The summed E-state index contributed by atoms with van der Waals surface area (Å²) in [6.07, 6.45) is 1.99. The molecule has 20 heavy (non-hydrogen) atoms. The van der Waals surface area contributed by atoms with Crippen molar-refractivity contribution < 1.29 is 0 Å². The van der Waals surface area contributed by atoms with Crippen LogP contribution in [0, 0.1) is 0 Å². The largest absolute Gasteiger partial charge is 0.343 e. The zero-order valence-corrected chi connectivity index (χ0v) is 13.4. The van der Waals surface area contributed by atoms with Gasteiger partial charge in [0.1, 0.15) is 0 Å². The van der Waals surface area contributed by atoms with Gasteiger partial charge in [0, 0.05) is 22.3 Å². The Morgan fingerprint density at radius 1 is 1.40 bits per heavy atom. The Morgan fingerprint density at radius 2 is 2.20 bits per heavy atom. The summed E-state index contributed by atoms with van der Waals surface area (Å²) in [5.74, 6) is 0.645. The van der Waals surface area contributed by atoms with Crippen molar-refractivity contribution in [2.75, 3.05) is 0 Å². The molecule has 1 aromatic heterocycles. The molecule has 0 amide bonds. The van der Waals surface area contributed by atoms with Crippen molar-refractivity contribution in [3.8, 4) is 0 Å². The van der Waals surface area contributed by atoms with Gasteiger partial charge in [-0.15, -0.1) is 5.10 Å². The number of hydrogen-bond acceptors (Lipinski definition) is 3. The average Bonchev–Trinajstić information content (AvgIpc) is 2.76. The number of nitrogens with zero attached hydrogens (tertiary/aromatic N) is 2. The summed E-state index contributed by atoms with van der Waals surface area (Å²) < 4.78 is 1.66. The van der Waals surface area contributed by atoms with Crippen molar-refractivity contribution in [2.45, 2.75) is 37.2 Å². The van der Waals surface area contributed by atoms with E-state index in [9.17, 15) is 4.79 Å². The molecular weight excluding hydrogens is 317 g/mol. The second kappa shape index (κ2) is 7.20. The quantitative estimate of drug-likeness (QED) is 0.815. The van der Waals surface area contributed by atoms with Crippen LogP contribution in [0.3, 0.4) is 0 Å². The van der Waals surface area contributed by atoms with Gasteiger partial charge in [0.25, 0.3) is 0 Å². The van der Waals surface area contributed by atoms with E-state index in [1.165, 1.54) is 11.8 Å². The van der Waals surface area contributed by atoms with E-state index in [2.05, 4.69) is 17.1 Å². The lowest BCUT2D eigenvalue weighted by atomic mass is 10.2. The van der Waals surface area contributed by atoms with Gasteiger partial charge < -0.3 is 0 Å². The minimum absolute atomic E-state index is 0.164. The molecule has 0 radical (unpaired) electrons. The molecule has 1 N–H and O–H groups in total. The van der Waals surface area contributed by atoms with E-state index in [4.69, 9.17) is 23.2 Å². The molecule has 1 heterocycles. The van der Waals surface area contributed by atoms with Gasteiger partial charge in [-0.05, 0) is 24.1 Å². The van der Waals surface area contributed by atoms with Crippen LogP contribution < -0.4 is 5.69 Å². The number of H-pyrrole nitrogens is 1. The molecule has 0 aliphatic carbocycles. The smallest absolute Gasteiger partial charge is 0.270 e. The van der Waals surface area contributed by atoms with E-state index in [1.807, 2.05) is 6.07 Å². The van der Waals surface area contributed by atoms with Crippen molar-refractivity contribution >= 4 is 35.0 Å². The summed E-state index contributed by atoms with van der Waals surface area (Å²) in [7, 11) is 0. The molecule has 0 fully saturated rings. The Bertz CT molecular complexity index is 639. The maximum atomic E-state index is 11.7. The van der Waals surface area contributed by atoms with Crippen LogP contribution in [0.25, 0.3) is 0 Å². The number of hydrogen-bond donors (Lipinski definition) is 1. The van der Waals surface area contributed by atoms with E-state index in [1.54, 1.807) is 16.7 Å². The minimum atomic E-state index is -0.164. The molecule has 2 aromatic rings. The van der Waals surface area contributed by atoms with E-state index < -0.39 is 0 Å². The predicted octanol–water partition coefficient (Wildman–Crippen LogP) is 3.97. The summed E-state index contributed by atoms with van der Waals surface area (Å²) in [4.78, 5) is 11.7. The third kappa shape index (κ3) is 3.81. The van der Waals surface area contributed by atoms with E-state index in [0.29, 0.717) is 27.5 Å². The van der Waals surface area contributed by atoms with Gasteiger partial charge in [-0.3, -0.25) is 4.57 Å². The molecule has 1 aromatic carbocycles. The van der Waals surface area contributed by atoms with Gasteiger partial charge in [-0.2, -0.15) is 0 Å². The SMILES string of the molecule is CCCCn1c(SCc2ccc(Cl)cc2Cl)n[nH]c1=O. The third-order valence-corrected chi connectivity index (χ3v) is 4.44. The van der Waals surface area contributed by atoms with Gasteiger partial charge in [0.2, 0.25) is 0 Å². The molecule has 0 aliphatic rings. The normalized spacial score (nSPS) is 10.9. The maximum absolute atomic E-state index is 11.7. The average molecular weight is 332 g/mol. The standard InChI is InChI=1S/C13H15Cl2N3OS/c1-2-3-6-18-12(19)16-17-13(18)20-8-9-4-5-10(14)7-11(9)15/h4-5,7H,2-3,6,8H2,1H3,(H,16,19). The first-order chi connectivity index (χ1) is 9.61. The number of nitrogens with one attached hydrogen (secondary N) is 1. The van der Waals surface area contributed by atoms with Gasteiger partial charge in [-0.1, -0.05) is 54.4 Å². The van der Waals surface area contributed by atoms with Crippen molar-refractivity contribution in [3.05, 3.63) is 44.3 Å². The number of aromatic nitrogens is 3. The van der Waals surface area contributed by atoms with Crippen LogP contribution in [0.15, 0.2) is 28.2 Å². The highest BCUT2D eigenvalue weighted by Gasteiger charge is 2.10. The molecule has 108 valence electrons. The highest BCUT2D eigenvalue weighted by molar-refractivity contribution is 7.98.